The summed E-state index contributed by atoms with van der Waals surface area (Å²) >= 11 is 0. The maximum atomic E-state index is 9.95. The van der Waals surface area contributed by atoms with Crippen LogP contribution < -0.4 is 10.1 Å². The van der Waals surface area contributed by atoms with Crippen LogP contribution in [0.1, 0.15) is 32.3 Å². The maximum absolute atomic E-state index is 9.95. The summed E-state index contributed by atoms with van der Waals surface area (Å²) in [5.41, 5.74) is 0.179. The van der Waals surface area contributed by atoms with Gasteiger partial charge in [-0.25, -0.2) is 0 Å². The van der Waals surface area contributed by atoms with Crippen molar-refractivity contribution in [1.29, 1.82) is 5.26 Å². The zero-order chi connectivity index (χ0) is 15.7. The Morgan fingerprint density at radius 2 is 2.10 bits per heavy atom. The van der Waals surface area contributed by atoms with Crippen molar-refractivity contribution in [2.75, 3.05) is 19.8 Å². The van der Waals surface area contributed by atoms with Crippen LogP contribution in [0.5, 0.6) is 5.75 Å². The molecule has 0 saturated heterocycles. The molecule has 0 heterocycles. The van der Waals surface area contributed by atoms with Crippen LogP contribution >= 0.6 is 0 Å². The number of aliphatic hydroxyl groups is 2. The molecule has 0 saturated carbocycles. The molecule has 0 aliphatic heterocycles. The van der Waals surface area contributed by atoms with E-state index in [1.54, 1.807) is 24.3 Å². The Morgan fingerprint density at radius 3 is 2.67 bits per heavy atom. The van der Waals surface area contributed by atoms with E-state index in [-0.39, 0.29) is 18.8 Å². The molecule has 0 bridgehead atoms. The monoisotopic (exact) mass is 292 g/mol. The van der Waals surface area contributed by atoms with E-state index < -0.39 is 6.10 Å². The first kappa shape index (κ1) is 17.4. The Morgan fingerprint density at radius 1 is 1.38 bits per heavy atom. The number of β-amino-alcohol motifs (C(OH)–C–C–N with tert-alkyl or cyclic N) is 1. The standard InChI is InChI=1S/C16H24N2O3/c1-3-16(4-2,12-19)18-10-14(20)11-21-15-7-5-6-13(8-15)9-17/h5-8,14,18-20H,3-4,10-12H2,1-2H3. The second kappa shape index (κ2) is 8.63. The lowest BCUT2D eigenvalue weighted by Gasteiger charge is -2.32. The molecule has 0 aliphatic carbocycles. The summed E-state index contributed by atoms with van der Waals surface area (Å²) in [6.07, 6.45) is 0.898. The van der Waals surface area contributed by atoms with Crippen LogP contribution in [0, 0.1) is 11.3 Å². The van der Waals surface area contributed by atoms with Crippen LogP contribution in [0.3, 0.4) is 0 Å². The predicted molar refractivity (Wildman–Crippen MR) is 81.1 cm³/mol. The molecule has 0 radical (unpaired) electrons. The normalized spacial score (nSPS) is 12.7. The number of benzene rings is 1. The highest BCUT2D eigenvalue weighted by molar-refractivity contribution is 5.36. The number of rotatable bonds is 9. The molecular weight excluding hydrogens is 268 g/mol. The third-order valence-electron chi connectivity index (χ3n) is 3.77. The van der Waals surface area contributed by atoms with Gasteiger partial charge in [0.15, 0.2) is 0 Å². The maximum Gasteiger partial charge on any atom is 0.120 e. The predicted octanol–water partition coefficient (Wildman–Crippen LogP) is 1.44. The molecule has 0 spiro atoms. The lowest BCUT2D eigenvalue weighted by Crippen LogP contribution is -2.50. The Hall–Kier alpha value is -1.61. The van der Waals surface area contributed by atoms with E-state index in [2.05, 4.69) is 5.32 Å². The van der Waals surface area contributed by atoms with Crippen LogP contribution in [-0.2, 0) is 0 Å². The van der Waals surface area contributed by atoms with Gasteiger partial charge in [0.25, 0.3) is 0 Å². The molecule has 1 rings (SSSR count). The van der Waals surface area contributed by atoms with E-state index in [4.69, 9.17) is 10.00 Å². The highest BCUT2D eigenvalue weighted by atomic mass is 16.5. The molecule has 5 heteroatoms. The largest absolute Gasteiger partial charge is 0.491 e. The fourth-order valence-electron chi connectivity index (χ4n) is 2.02. The van der Waals surface area contributed by atoms with Crippen LogP contribution in [-0.4, -0.2) is 41.6 Å². The minimum absolute atomic E-state index is 0.0395. The van der Waals surface area contributed by atoms with E-state index in [9.17, 15) is 10.2 Å². The number of ether oxygens (including phenoxy) is 1. The van der Waals surface area contributed by atoms with Crippen molar-refractivity contribution in [3.63, 3.8) is 0 Å². The Bertz CT molecular complexity index is 459. The van der Waals surface area contributed by atoms with Gasteiger partial charge in [0.2, 0.25) is 0 Å². The van der Waals surface area contributed by atoms with Gasteiger partial charge in [0.05, 0.1) is 18.2 Å². The zero-order valence-electron chi connectivity index (χ0n) is 12.7. The molecule has 0 aromatic heterocycles. The molecule has 0 fully saturated rings. The van der Waals surface area contributed by atoms with Gasteiger partial charge in [0.1, 0.15) is 18.5 Å². The molecule has 1 aromatic carbocycles. The Kier molecular flexibility index (Phi) is 7.17. The average Bonchev–Trinajstić information content (AvgIpc) is 2.55. The summed E-state index contributed by atoms with van der Waals surface area (Å²) in [6.45, 7) is 4.53. The second-order valence-corrected chi connectivity index (χ2v) is 5.13. The van der Waals surface area contributed by atoms with Crippen molar-refractivity contribution in [2.45, 2.75) is 38.3 Å². The lowest BCUT2D eigenvalue weighted by atomic mass is 9.94. The summed E-state index contributed by atoms with van der Waals surface area (Å²) < 4.78 is 5.47. The minimum Gasteiger partial charge on any atom is -0.491 e. The number of hydrogen-bond donors (Lipinski definition) is 3. The summed E-state index contributed by atoms with van der Waals surface area (Å²) in [7, 11) is 0. The molecule has 5 nitrogen and oxygen atoms in total. The minimum atomic E-state index is -0.681. The van der Waals surface area contributed by atoms with E-state index in [1.807, 2.05) is 19.9 Å². The van der Waals surface area contributed by atoms with E-state index in [1.165, 1.54) is 0 Å². The first-order chi connectivity index (χ1) is 10.1. The highest BCUT2D eigenvalue weighted by Gasteiger charge is 2.25. The van der Waals surface area contributed by atoms with Gasteiger partial charge in [-0.05, 0) is 31.0 Å². The van der Waals surface area contributed by atoms with Crippen molar-refractivity contribution in [3.8, 4) is 11.8 Å². The first-order valence-electron chi connectivity index (χ1n) is 7.26. The number of nitrogens with zero attached hydrogens (tertiary/aromatic N) is 1. The molecule has 3 N–H and O–H groups in total. The van der Waals surface area contributed by atoms with Gasteiger partial charge in [-0.2, -0.15) is 5.26 Å². The van der Waals surface area contributed by atoms with Gasteiger partial charge in [0, 0.05) is 12.1 Å². The topological polar surface area (TPSA) is 85.5 Å². The summed E-state index contributed by atoms with van der Waals surface area (Å²) in [5, 5.41) is 31.4. The molecule has 21 heavy (non-hydrogen) atoms. The van der Waals surface area contributed by atoms with Crippen molar-refractivity contribution in [3.05, 3.63) is 29.8 Å². The number of aliphatic hydroxyl groups excluding tert-OH is 2. The van der Waals surface area contributed by atoms with Crippen LogP contribution in [0.4, 0.5) is 0 Å². The summed E-state index contributed by atoms with van der Waals surface area (Å²) in [5.74, 6) is 0.563. The molecule has 0 aliphatic rings. The Balaban J connectivity index is 2.43. The quantitative estimate of drug-likeness (QED) is 0.641. The van der Waals surface area contributed by atoms with Crippen LogP contribution in [0.2, 0.25) is 0 Å². The molecule has 0 amide bonds. The molecule has 1 aromatic rings. The first-order valence-corrected chi connectivity index (χ1v) is 7.26. The van der Waals surface area contributed by atoms with Crippen LogP contribution in [0.25, 0.3) is 0 Å². The fourth-order valence-corrected chi connectivity index (χ4v) is 2.02. The molecule has 116 valence electrons. The highest BCUT2D eigenvalue weighted by Crippen LogP contribution is 2.15. The summed E-state index contributed by atoms with van der Waals surface area (Å²) in [4.78, 5) is 0. The van der Waals surface area contributed by atoms with E-state index in [0.29, 0.717) is 17.9 Å². The van der Waals surface area contributed by atoms with E-state index in [0.717, 1.165) is 12.8 Å². The van der Waals surface area contributed by atoms with Gasteiger partial charge >= 0.3 is 0 Å². The average molecular weight is 292 g/mol. The molecular formula is C16H24N2O3. The number of hydrogen-bond acceptors (Lipinski definition) is 5. The Labute approximate surface area is 126 Å². The third kappa shape index (κ3) is 5.35. The smallest absolute Gasteiger partial charge is 0.120 e. The molecule has 1 atom stereocenters. The number of nitrogens with one attached hydrogen (secondary N) is 1. The SMILES string of the molecule is CCC(CC)(CO)NCC(O)COc1cccc(C#N)c1. The van der Waals surface area contributed by atoms with Gasteiger partial charge in [-0.15, -0.1) is 0 Å². The van der Waals surface area contributed by atoms with Crippen molar-refractivity contribution >= 4 is 0 Å². The van der Waals surface area contributed by atoms with Crippen molar-refractivity contribution in [2.24, 2.45) is 0 Å². The van der Waals surface area contributed by atoms with Gasteiger partial charge in [-0.3, -0.25) is 0 Å². The second-order valence-electron chi connectivity index (χ2n) is 5.13. The number of nitriles is 1. The summed E-state index contributed by atoms with van der Waals surface area (Å²) in [6, 6.07) is 8.86. The van der Waals surface area contributed by atoms with Crippen LogP contribution in [0.15, 0.2) is 24.3 Å². The van der Waals surface area contributed by atoms with Crippen molar-refractivity contribution in [1.82, 2.24) is 5.32 Å². The zero-order valence-corrected chi connectivity index (χ0v) is 12.7. The van der Waals surface area contributed by atoms with E-state index >= 15 is 0 Å². The lowest BCUT2D eigenvalue weighted by molar-refractivity contribution is 0.0812. The third-order valence-corrected chi connectivity index (χ3v) is 3.77. The molecule has 1 unspecified atom stereocenters. The van der Waals surface area contributed by atoms with Gasteiger partial charge in [-0.1, -0.05) is 19.9 Å². The van der Waals surface area contributed by atoms with Gasteiger partial charge < -0.3 is 20.3 Å². The fraction of sp³-hybridized carbons (Fsp3) is 0.562. The van der Waals surface area contributed by atoms with Crippen molar-refractivity contribution < 1.29 is 14.9 Å².